The van der Waals surface area contributed by atoms with E-state index in [2.05, 4.69) is 15.3 Å². The van der Waals surface area contributed by atoms with E-state index >= 15 is 0 Å². The van der Waals surface area contributed by atoms with E-state index in [1.54, 1.807) is 48.7 Å². The first-order valence-electron chi connectivity index (χ1n) is 13.0. The number of carbonyl (C=O) groups excluding carboxylic acids is 2. The lowest BCUT2D eigenvalue weighted by Gasteiger charge is -2.07. The van der Waals surface area contributed by atoms with Crippen LogP contribution in [0, 0.1) is 6.92 Å². The fraction of sp³-hybridized carbons (Fsp3) is 0.125. The summed E-state index contributed by atoms with van der Waals surface area (Å²) in [4.78, 5) is 44.6. The number of hydrogen-bond acceptors (Lipinski definition) is 6. The van der Waals surface area contributed by atoms with Crippen LogP contribution in [-0.2, 0) is 11.2 Å². The van der Waals surface area contributed by atoms with Crippen LogP contribution in [0.1, 0.15) is 55.1 Å². The Morgan fingerprint density at radius 3 is 2.51 bits per heavy atom. The number of thiophene rings is 1. The third-order valence-corrected chi connectivity index (χ3v) is 7.68. The van der Waals surface area contributed by atoms with Crippen molar-refractivity contribution in [3.63, 3.8) is 0 Å². The number of carbonyl (C=O) groups is 3. The normalized spacial score (nSPS) is 11.2. The van der Waals surface area contributed by atoms with Crippen molar-refractivity contribution in [1.29, 1.82) is 0 Å². The topological polar surface area (TPSA) is 132 Å². The predicted octanol–water partition coefficient (Wildman–Crippen LogP) is 6.88. The number of nitrogens with zero attached hydrogens (tertiary/aromatic N) is 1. The van der Waals surface area contributed by atoms with Gasteiger partial charge >= 0.3 is 5.97 Å². The molecular formula is C32H27N3O5S. The first-order valence-corrected chi connectivity index (χ1v) is 13.9. The predicted molar refractivity (Wildman–Crippen MR) is 161 cm³/mol. The molecular weight excluding hydrogens is 538 g/mol. The molecule has 0 radical (unpaired) electrons. The van der Waals surface area contributed by atoms with E-state index in [0.717, 1.165) is 11.1 Å². The molecule has 0 saturated carbocycles. The lowest BCUT2D eigenvalue weighted by Crippen LogP contribution is -2.12. The lowest BCUT2D eigenvalue weighted by atomic mass is 10.0. The molecule has 0 aliphatic carbocycles. The second-order valence-electron chi connectivity index (χ2n) is 9.62. The third kappa shape index (κ3) is 6.42. The molecule has 4 N–H and O–H groups in total. The summed E-state index contributed by atoms with van der Waals surface area (Å²) in [5, 5.41) is 24.8. The van der Waals surface area contributed by atoms with Crippen molar-refractivity contribution in [3.8, 4) is 5.88 Å². The van der Waals surface area contributed by atoms with Gasteiger partial charge in [0.25, 0.3) is 5.91 Å². The van der Waals surface area contributed by atoms with E-state index in [-0.39, 0.29) is 24.0 Å². The number of aliphatic carboxylic acids is 1. The molecule has 9 heteroatoms. The SMILES string of the molecule is Cc1ccsc1C(=O)Nc1cccc(C(=O)c2ccc3c(C=Nc4ccc(CCCC(=O)O)cc4)c(O)[nH]c3c2)c1. The van der Waals surface area contributed by atoms with Crippen LogP contribution in [0.5, 0.6) is 5.88 Å². The highest BCUT2D eigenvalue weighted by atomic mass is 32.1. The van der Waals surface area contributed by atoms with Crippen LogP contribution < -0.4 is 5.32 Å². The number of H-pyrrole nitrogens is 1. The van der Waals surface area contributed by atoms with Crippen LogP contribution in [0.4, 0.5) is 11.4 Å². The number of aromatic nitrogens is 1. The smallest absolute Gasteiger partial charge is 0.303 e. The van der Waals surface area contributed by atoms with Gasteiger partial charge in [0.1, 0.15) is 0 Å². The highest BCUT2D eigenvalue weighted by molar-refractivity contribution is 7.12. The number of carboxylic acid groups (broad SMARTS) is 1. The van der Waals surface area contributed by atoms with Gasteiger partial charge < -0.3 is 20.5 Å². The summed E-state index contributed by atoms with van der Waals surface area (Å²) in [7, 11) is 0. The number of aryl methyl sites for hydroxylation is 2. The molecule has 0 bridgehead atoms. The fourth-order valence-electron chi connectivity index (χ4n) is 4.51. The van der Waals surface area contributed by atoms with Crippen LogP contribution in [0.3, 0.4) is 0 Å². The zero-order chi connectivity index (χ0) is 28.9. The van der Waals surface area contributed by atoms with E-state index in [0.29, 0.717) is 56.7 Å². The molecule has 5 aromatic rings. The van der Waals surface area contributed by atoms with E-state index in [1.807, 2.05) is 42.6 Å². The number of amides is 1. The first-order chi connectivity index (χ1) is 19.8. The van der Waals surface area contributed by atoms with Crippen molar-refractivity contribution in [2.45, 2.75) is 26.2 Å². The number of fused-ring (bicyclic) bond motifs is 1. The summed E-state index contributed by atoms with van der Waals surface area (Å²) in [6, 6.07) is 21.3. The Kier molecular flexibility index (Phi) is 8.07. The quantitative estimate of drug-likeness (QED) is 0.108. The van der Waals surface area contributed by atoms with Gasteiger partial charge in [-0.15, -0.1) is 11.3 Å². The van der Waals surface area contributed by atoms with Crippen LogP contribution >= 0.6 is 11.3 Å². The maximum absolute atomic E-state index is 13.3. The van der Waals surface area contributed by atoms with Crippen molar-refractivity contribution in [1.82, 2.24) is 4.98 Å². The number of hydrogen-bond donors (Lipinski definition) is 4. The number of nitrogens with one attached hydrogen (secondary N) is 2. The van der Waals surface area contributed by atoms with Crippen LogP contribution in [0.2, 0.25) is 0 Å². The average molecular weight is 566 g/mol. The summed E-state index contributed by atoms with van der Waals surface area (Å²) in [6.07, 6.45) is 2.95. The zero-order valence-corrected chi connectivity index (χ0v) is 23.0. The van der Waals surface area contributed by atoms with Crippen molar-refractivity contribution in [3.05, 3.63) is 111 Å². The van der Waals surface area contributed by atoms with Gasteiger partial charge in [-0.05, 0) is 72.7 Å². The maximum atomic E-state index is 13.3. The number of ketones is 1. The van der Waals surface area contributed by atoms with Crippen LogP contribution in [0.15, 0.2) is 83.2 Å². The highest BCUT2D eigenvalue weighted by Gasteiger charge is 2.16. The standard InChI is InChI=1S/C32H27N3O5S/c1-19-14-15-41-30(19)32(40)34-24-6-3-5-21(16-24)29(38)22-10-13-25-26(31(39)35-27(25)17-22)18-33-23-11-8-20(9-12-23)4-2-7-28(36)37/h3,5-6,8-18,35,39H,2,4,7H2,1H3,(H,34,40)(H,36,37). The summed E-state index contributed by atoms with van der Waals surface area (Å²) in [5.74, 6) is -1.30. The fourth-order valence-corrected chi connectivity index (χ4v) is 5.33. The molecule has 41 heavy (non-hydrogen) atoms. The number of carboxylic acids is 1. The van der Waals surface area contributed by atoms with Crippen LogP contribution in [0.25, 0.3) is 10.9 Å². The molecule has 0 saturated heterocycles. The molecule has 5 rings (SSSR count). The third-order valence-electron chi connectivity index (χ3n) is 6.67. The molecule has 0 spiro atoms. The number of rotatable bonds is 10. The average Bonchev–Trinajstić information content (AvgIpc) is 3.53. The summed E-state index contributed by atoms with van der Waals surface area (Å²) in [6.45, 7) is 1.88. The molecule has 2 heterocycles. The minimum absolute atomic E-state index is 0.0628. The van der Waals surface area contributed by atoms with Crippen molar-refractivity contribution in [2.24, 2.45) is 4.99 Å². The monoisotopic (exact) mass is 565 g/mol. The zero-order valence-electron chi connectivity index (χ0n) is 22.2. The Morgan fingerprint density at radius 2 is 1.78 bits per heavy atom. The van der Waals surface area contributed by atoms with Gasteiger partial charge in [0, 0.05) is 40.4 Å². The molecule has 0 aliphatic rings. The lowest BCUT2D eigenvalue weighted by molar-refractivity contribution is -0.137. The molecule has 0 unspecified atom stereocenters. The van der Waals surface area contributed by atoms with E-state index < -0.39 is 5.97 Å². The van der Waals surface area contributed by atoms with Gasteiger partial charge in [-0.2, -0.15) is 0 Å². The maximum Gasteiger partial charge on any atom is 0.303 e. The number of benzene rings is 3. The summed E-state index contributed by atoms with van der Waals surface area (Å²) >= 11 is 1.37. The number of aromatic amines is 1. The van der Waals surface area contributed by atoms with Crippen LogP contribution in [-0.4, -0.2) is 39.1 Å². The van der Waals surface area contributed by atoms with Gasteiger partial charge in [0.15, 0.2) is 11.7 Å². The van der Waals surface area contributed by atoms with Crippen molar-refractivity contribution in [2.75, 3.05) is 5.32 Å². The number of aromatic hydroxyl groups is 1. The van der Waals surface area contributed by atoms with Crippen molar-refractivity contribution >= 4 is 57.5 Å². The Morgan fingerprint density at radius 1 is 1.00 bits per heavy atom. The summed E-state index contributed by atoms with van der Waals surface area (Å²) in [5.41, 5.74) is 5.08. The summed E-state index contributed by atoms with van der Waals surface area (Å²) < 4.78 is 0. The molecule has 1 amide bonds. The molecule has 2 aromatic heterocycles. The van der Waals surface area contributed by atoms with Gasteiger partial charge in [0.05, 0.1) is 16.1 Å². The molecule has 206 valence electrons. The van der Waals surface area contributed by atoms with E-state index in [4.69, 9.17) is 5.11 Å². The Bertz CT molecular complexity index is 1780. The van der Waals surface area contributed by atoms with E-state index in [9.17, 15) is 19.5 Å². The van der Waals surface area contributed by atoms with Gasteiger partial charge in [-0.3, -0.25) is 19.4 Å². The minimum Gasteiger partial charge on any atom is -0.494 e. The molecule has 0 atom stereocenters. The Balaban J connectivity index is 1.30. The highest BCUT2D eigenvalue weighted by Crippen LogP contribution is 2.28. The molecule has 0 fully saturated rings. The molecule has 0 aliphatic heterocycles. The second kappa shape index (κ2) is 12.0. The second-order valence-corrected chi connectivity index (χ2v) is 10.5. The van der Waals surface area contributed by atoms with Gasteiger partial charge in [-0.1, -0.05) is 36.4 Å². The Labute approximate surface area is 240 Å². The number of anilines is 1. The first kappa shape index (κ1) is 27.5. The van der Waals surface area contributed by atoms with Gasteiger partial charge in [0.2, 0.25) is 0 Å². The largest absolute Gasteiger partial charge is 0.494 e. The van der Waals surface area contributed by atoms with Gasteiger partial charge in [-0.25, -0.2) is 0 Å². The minimum atomic E-state index is -0.805. The van der Waals surface area contributed by atoms with E-state index in [1.165, 1.54) is 11.3 Å². The Hall–Kier alpha value is -5.02. The molecule has 8 nitrogen and oxygen atoms in total. The molecule has 3 aromatic carbocycles. The van der Waals surface area contributed by atoms with Crippen molar-refractivity contribution < 1.29 is 24.6 Å². The number of aliphatic imine (C=N–C) groups is 1.